The van der Waals surface area contributed by atoms with E-state index in [4.69, 9.17) is 16.3 Å². The van der Waals surface area contributed by atoms with E-state index in [1.165, 1.54) is 23.9 Å². The van der Waals surface area contributed by atoms with Crippen molar-refractivity contribution in [2.45, 2.75) is 25.0 Å². The van der Waals surface area contributed by atoms with Crippen LogP contribution in [0.15, 0.2) is 53.5 Å². The molecule has 3 rings (SSSR count). The highest BCUT2D eigenvalue weighted by molar-refractivity contribution is 8.15. The summed E-state index contributed by atoms with van der Waals surface area (Å²) < 4.78 is 18.6. The lowest BCUT2D eigenvalue weighted by Gasteiger charge is -2.16. The lowest BCUT2D eigenvalue weighted by Crippen LogP contribution is -2.34. The SMILES string of the molecule is CCOCCCN1C(=O)C(CC(=O)Nc2cccc(Cl)c2)SC1=Nc1ccc(F)cc1. The largest absolute Gasteiger partial charge is 0.382 e. The molecule has 1 N–H and O–H groups in total. The number of hydrogen-bond donors (Lipinski definition) is 1. The number of carbonyl (C=O) groups excluding carboxylic acids is 2. The van der Waals surface area contributed by atoms with Crippen molar-refractivity contribution in [1.82, 2.24) is 4.90 Å². The van der Waals surface area contributed by atoms with Crippen molar-refractivity contribution in [2.24, 2.45) is 4.99 Å². The van der Waals surface area contributed by atoms with Gasteiger partial charge in [0.25, 0.3) is 0 Å². The number of nitrogens with zero attached hydrogens (tertiary/aromatic N) is 2. The Hall–Kier alpha value is -2.42. The molecule has 1 saturated heterocycles. The van der Waals surface area contributed by atoms with Gasteiger partial charge >= 0.3 is 0 Å². The summed E-state index contributed by atoms with van der Waals surface area (Å²) in [6.45, 7) is 3.46. The predicted octanol–water partition coefficient (Wildman–Crippen LogP) is 4.87. The van der Waals surface area contributed by atoms with Gasteiger partial charge in [-0.2, -0.15) is 0 Å². The van der Waals surface area contributed by atoms with Crippen molar-refractivity contribution in [3.8, 4) is 0 Å². The predicted molar refractivity (Wildman–Crippen MR) is 122 cm³/mol. The molecule has 1 unspecified atom stereocenters. The number of amidine groups is 1. The van der Waals surface area contributed by atoms with Gasteiger partial charge in [-0.25, -0.2) is 9.38 Å². The number of ether oxygens (including phenoxy) is 1. The third kappa shape index (κ3) is 6.78. The van der Waals surface area contributed by atoms with E-state index < -0.39 is 5.25 Å². The smallest absolute Gasteiger partial charge is 0.242 e. The summed E-state index contributed by atoms with van der Waals surface area (Å²) in [5, 5.41) is 3.18. The Bertz CT molecular complexity index is 955. The number of rotatable bonds is 9. The fraction of sp³-hybridized carbons (Fsp3) is 0.318. The topological polar surface area (TPSA) is 71.0 Å². The monoisotopic (exact) mass is 463 g/mol. The van der Waals surface area contributed by atoms with Gasteiger partial charge in [0.05, 0.1) is 5.69 Å². The van der Waals surface area contributed by atoms with Gasteiger partial charge in [0, 0.05) is 36.9 Å². The molecular weight excluding hydrogens is 441 g/mol. The average Bonchev–Trinajstić information content (AvgIpc) is 3.01. The molecule has 0 spiro atoms. The van der Waals surface area contributed by atoms with Gasteiger partial charge in [-0.1, -0.05) is 29.4 Å². The second kappa shape index (κ2) is 11.3. The molecule has 6 nitrogen and oxygen atoms in total. The molecule has 31 heavy (non-hydrogen) atoms. The van der Waals surface area contributed by atoms with Crippen LogP contribution in [0.2, 0.25) is 5.02 Å². The number of carbonyl (C=O) groups is 2. The van der Waals surface area contributed by atoms with Crippen LogP contribution in [0.1, 0.15) is 19.8 Å². The molecule has 1 fully saturated rings. The Morgan fingerprint density at radius 1 is 1.29 bits per heavy atom. The Kier molecular flexibility index (Phi) is 8.45. The van der Waals surface area contributed by atoms with Gasteiger partial charge in [0.1, 0.15) is 11.1 Å². The summed E-state index contributed by atoms with van der Waals surface area (Å²) in [6, 6.07) is 12.6. The van der Waals surface area contributed by atoms with Gasteiger partial charge in [-0.05, 0) is 55.8 Å². The summed E-state index contributed by atoms with van der Waals surface area (Å²) in [7, 11) is 0. The molecule has 2 amide bonds. The van der Waals surface area contributed by atoms with Crippen LogP contribution in [0.4, 0.5) is 15.8 Å². The van der Waals surface area contributed by atoms with Gasteiger partial charge in [0.2, 0.25) is 11.8 Å². The minimum Gasteiger partial charge on any atom is -0.382 e. The minimum absolute atomic E-state index is 0.000408. The van der Waals surface area contributed by atoms with E-state index in [0.29, 0.717) is 47.7 Å². The molecule has 1 aliphatic heterocycles. The number of anilines is 1. The Morgan fingerprint density at radius 3 is 2.77 bits per heavy atom. The summed E-state index contributed by atoms with van der Waals surface area (Å²) in [6.07, 6.45) is 0.643. The maximum Gasteiger partial charge on any atom is 0.242 e. The molecule has 9 heteroatoms. The van der Waals surface area contributed by atoms with Crippen LogP contribution in [0.25, 0.3) is 0 Å². The molecule has 1 aliphatic rings. The first-order valence-corrected chi connectivity index (χ1v) is 11.2. The van der Waals surface area contributed by atoms with Crippen molar-refractivity contribution in [1.29, 1.82) is 0 Å². The van der Waals surface area contributed by atoms with Crippen LogP contribution in [-0.4, -0.2) is 46.9 Å². The van der Waals surface area contributed by atoms with Crippen LogP contribution in [0.5, 0.6) is 0 Å². The third-order valence-corrected chi connectivity index (χ3v) is 5.84. The number of benzene rings is 2. The van der Waals surface area contributed by atoms with Gasteiger partial charge in [-0.15, -0.1) is 0 Å². The summed E-state index contributed by atoms with van der Waals surface area (Å²) in [4.78, 5) is 31.6. The normalized spacial score (nSPS) is 17.4. The Balaban J connectivity index is 1.71. The molecule has 2 aromatic rings. The van der Waals surface area contributed by atoms with Crippen LogP contribution in [0.3, 0.4) is 0 Å². The van der Waals surface area contributed by atoms with E-state index in [1.54, 1.807) is 41.3 Å². The molecule has 0 aliphatic carbocycles. The molecule has 1 atom stereocenters. The van der Waals surface area contributed by atoms with E-state index in [9.17, 15) is 14.0 Å². The molecule has 0 aromatic heterocycles. The van der Waals surface area contributed by atoms with Crippen LogP contribution in [-0.2, 0) is 14.3 Å². The molecule has 2 aromatic carbocycles. The zero-order chi connectivity index (χ0) is 22.2. The Morgan fingerprint density at radius 2 is 2.06 bits per heavy atom. The highest BCUT2D eigenvalue weighted by atomic mass is 35.5. The molecule has 0 saturated carbocycles. The molecule has 1 heterocycles. The highest BCUT2D eigenvalue weighted by Gasteiger charge is 2.38. The van der Waals surface area contributed by atoms with Crippen molar-refractivity contribution < 1.29 is 18.7 Å². The van der Waals surface area contributed by atoms with E-state index in [1.807, 2.05) is 6.92 Å². The highest BCUT2D eigenvalue weighted by Crippen LogP contribution is 2.32. The van der Waals surface area contributed by atoms with Crippen molar-refractivity contribution >= 4 is 51.7 Å². The van der Waals surface area contributed by atoms with Gasteiger partial charge < -0.3 is 10.1 Å². The molecule has 0 bridgehead atoms. The second-order valence-corrected chi connectivity index (χ2v) is 8.39. The number of aliphatic imine (C=N–C) groups is 1. The van der Waals surface area contributed by atoms with Crippen molar-refractivity contribution in [3.63, 3.8) is 0 Å². The lowest BCUT2D eigenvalue weighted by atomic mass is 10.2. The second-order valence-electron chi connectivity index (χ2n) is 6.78. The Labute approximate surface area is 189 Å². The van der Waals surface area contributed by atoms with Gasteiger partial charge in [0.15, 0.2) is 5.17 Å². The first kappa shape index (κ1) is 23.2. The first-order chi connectivity index (χ1) is 15.0. The standard InChI is InChI=1S/C22H23ClFN3O3S/c1-2-30-12-4-11-27-21(29)19(14-20(28)25-18-6-3-5-15(23)13-18)31-22(27)26-17-9-7-16(24)8-10-17/h3,5-10,13,19H,2,4,11-12,14H2,1H3,(H,25,28). The fourth-order valence-electron chi connectivity index (χ4n) is 2.97. The number of amides is 2. The van der Waals surface area contributed by atoms with Crippen LogP contribution < -0.4 is 5.32 Å². The molecule has 164 valence electrons. The zero-order valence-corrected chi connectivity index (χ0v) is 18.6. The number of halogens is 2. The summed E-state index contributed by atoms with van der Waals surface area (Å²) in [5.74, 6) is -0.822. The van der Waals surface area contributed by atoms with Crippen molar-refractivity contribution in [2.75, 3.05) is 25.1 Å². The lowest BCUT2D eigenvalue weighted by molar-refractivity contribution is -0.128. The van der Waals surface area contributed by atoms with Crippen molar-refractivity contribution in [3.05, 3.63) is 59.4 Å². The maximum absolute atomic E-state index is 13.2. The summed E-state index contributed by atoms with van der Waals surface area (Å²) >= 11 is 7.19. The quantitative estimate of drug-likeness (QED) is 0.539. The minimum atomic E-state index is -0.592. The van der Waals surface area contributed by atoms with Gasteiger partial charge in [-0.3, -0.25) is 14.5 Å². The number of thioether (sulfide) groups is 1. The zero-order valence-electron chi connectivity index (χ0n) is 17.0. The van der Waals surface area contributed by atoms with E-state index >= 15 is 0 Å². The third-order valence-electron chi connectivity index (χ3n) is 4.43. The van der Waals surface area contributed by atoms with E-state index in [0.717, 1.165) is 0 Å². The number of nitrogens with one attached hydrogen (secondary N) is 1. The fourth-order valence-corrected chi connectivity index (χ4v) is 4.35. The summed E-state index contributed by atoms with van der Waals surface area (Å²) in [5.41, 5.74) is 1.11. The van der Waals surface area contributed by atoms with Crippen LogP contribution in [0, 0.1) is 5.82 Å². The maximum atomic E-state index is 13.2. The van der Waals surface area contributed by atoms with Crippen LogP contribution >= 0.6 is 23.4 Å². The van der Waals surface area contributed by atoms with E-state index in [-0.39, 0.29) is 24.1 Å². The van der Waals surface area contributed by atoms with E-state index in [2.05, 4.69) is 10.3 Å². The number of hydrogen-bond acceptors (Lipinski definition) is 5. The molecular formula is C22H23ClFN3O3S. The molecule has 0 radical (unpaired) electrons. The first-order valence-electron chi connectivity index (χ1n) is 9.91. The average molecular weight is 464 g/mol.